The van der Waals surface area contributed by atoms with Gasteiger partial charge in [-0.05, 0) is 47.7 Å². The van der Waals surface area contributed by atoms with Crippen molar-refractivity contribution in [3.05, 3.63) is 38.6 Å². The number of pyridine rings is 1. The maximum absolute atomic E-state index is 5.88. The third kappa shape index (κ3) is 1.79. The highest BCUT2D eigenvalue weighted by molar-refractivity contribution is 14.1. The molecule has 0 fully saturated rings. The maximum Gasteiger partial charge on any atom is 0.0730 e. The van der Waals surface area contributed by atoms with Gasteiger partial charge in [-0.3, -0.25) is 4.98 Å². The lowest BCUT2D eigenvalue weighted by Gasteiger charge is -2.01. The van der Waals surface area contributed by atoms with Gasteiger partial charge in [-0.1, -0.05) is 17.7 Å². The van der Waals surface area contributed by atoms with Crippen LogP contribution in [-0.4, -0.2) is 4.98 Å². The summed E-state index contributed by atoms with van der Waals surface area (Å²) in [5.74, 6) is 0. The minimum Gasteiger partial charge on any atom is -0.253 e. The number of hydrogen-bond acceptors (Lipinski definition) is 1. The van der Waals surface area contributed by atoms with Gasteiger partial charge in [-0.15, -0.1) is 0 Å². The quantitative estimate of drug-likeness (QED) is 0.675. The van der Waals surface area contributed by atoms with E-state index in [0.29, 0.717) is 0 Å². The number of aryl methyl sites for hydroxylation is 1. The number of fused-ring (bicyclic) bond motifs is 1. The lowest BCUT2D eigenvalue weighted by Crippen LogP contribution is -1.86. The van der Waals surface area contributed by atoms with E-state index in [9.17, 15) is 0 Å². The summed E-state index contributed by atoms with van der Waals surface area (Å²) in [5.41, 5.74) is 2.00. The van der Waals surface area contributed by atoms with Gasteiger partial charge in [0, 0.05) is 19.7 Å². The van der Waals surface area contributed by atoms with Crippen LogP contribution in [-0.2, 0) is 0 Å². The molecule has 1 aromatic carbocycles. The van der Waals surface area contributed by atoms with Crippen molar-refractivity contribution in [1.82, 2.24) is 4.98 Å². The summed E-state index contributed by atoms with van der Waals surface area (Å²) < 4.78 is 1.22. The fraction of sp³-hybridized carbons (Fsp3) is 0.100. The van der Waals surface area contributed by atoms with Gasteiger partial charge < -0.3 is 0 Å². The van der Waals surface area contributed by atoms with Crippen molar-refractivity contribution in [2.24, 2.45) is 0 Å². The monoisotopic (exact) mass is 303 g/mol. The molecular weight excluding hydrogens is 296 g/mol. The Bertz CT molecular complexity index is 462. The van der Waals surface area contributed by atoms with Gasteiger partial charge in [0.05, 0.1) is 5.52 Å². The van der Waals surface area contributed by atoms with Crippen molar-refractivity contribution in [3.63, 3.8) is 0 Å². The number of benzene rings is 1. The Morgan fingerprint density at radius 1 is 1.31 bits per heavy atom. The molecule has 13 heavy (non-hydrogen) atoms. The van der Waals surface area contributed by atoms with E-state index < -0.39 is 0 Å². The highest BCUT2D eigenvalue weighted by Gasteiger charge is 2.01. The van der Waals surface area contributed by atoms with Crippen molar-refractivity contribution < 1.29 is 0 Å². The zero-order valence-electron chi connectivity index (χ0n) is 7.01. The molecule has 0 saturated heterocycles. The molecule has 66 valence electrons. The van der Waals surface area contributed by atoms with Crippen LogP contribution in [0.15, 0.2) is 24.3 Å². The lowest BCUT2D eigenvalue weighted by molar-refractivity contribution is 1.25. The Balaban J connectivity index is 2.86. The normalized spacial score (nSPS) is 10.7. The Labute approximate surface area is 95.3 Å². The molecule has 0 amide bonds. The number of aromatic nitrogens is 1. The standard InChI is InChI=1S/C10H7ClIN/c1-6-4-9(12)8-3-2-7(11)5-10(8)13-6/h2-5H,1H3. The van der Waals surface area contributed by atoms with E-state index >= 15 is 0 Å². The lowest BCUT2D eigenvalue weighted by atomic mass is 10.2. The van der Waals surface area contributed by atoms with Gasteiger partial charge in [-0.25, -0.2) is 0 Å². The van der Waals surface area contributed by atoms with Gasteiger partial charge >= 0.3 is 0 Å². The first-order valence-corrected chi connectivity index (χ1v) is 5.35. The molecule has 2 rings (SSSR count). The minimum atomic E-state index is 0.737. The number of hydrogen-bond donors (Lipinski definition) is 0. The van der Waals surface area contributed by atoms with Crippen LogP contribution in [0.1, 0.15) is 5.69 Å². The molecule has 0 unspecified atom stereocenters. The van der Waals surface area contributed by atoms with Crippen LogP contribution in [0.25, 0.3) is 10.9 Å². The van der Waals surface area contributed by atoms with Gasteiger partial charge in [0.15, 0.2) is 0 Å². The second-order valence-electron chi connectivity index (χ2n) is 2.91. The molecule has 0 spiro atoms. The zero-order chi connectivity index (χ0) is 9.42. The molecule has 2 aromatic rings. The highest BCUT2D eigenvalue weighted by atomic mass is 127. The second-order valence-corrected chi connectivity index (χ2v) is 4.51. The third-order valence-electron chi connectivity index (χ3n) is 1.85. The summed E-state index contributed by atoms with van der Waals surface area (Å²) in [7, 11) is 0. The Hall–Kier alpha value is -0.350. The van der Waals surface area contributed by atoms with E-state index in [-0.39, 0.29) is 0 Å². The maximum atomic E-state index is 5.88. The second kappa shape index (κ2) is 3.42. The van der Waals surface area contributed by atoms with Gasteiger partial charge in [0.1, 0.15) is 0 Å². The summed E-state index contributed by atoms with van der Waals surface area (Å²) in [6, 6.07) is 7.86. The fourth-order valence-corrected chi connectivity index (χ4v) is 2.36. The highest BCUT2D eigenvalue weighted by Crippen LogP contribution is 2.22. The van der Waals surface area contributed by atoms with E-state index in [4.69, 9.17) is 11.6 Å². The zero-order valence-corrected chi connectivity index (χ0v) is 9.93. The van der Waals surface area contributed by atoms with E-state index in [2.05, 4.69) is 33.6 Å². The van der Waals surface area contributed by atoms with Crippen LogP contribution in [0, 0.1) is 10.5 Å². The van der Waals surface area contributed by atoms with Crippen molar-refractivity contribution in [2.45, 2.75) is 6.92 Å². The fourth-order valence-electron chi connectivity index (χ4n) is 1.28. The average molecular weight is 304 g/mol. The topological polar surface area (TPSA) is 12.9 Å². The first-order valence-electron chi connectivity index (χ1n) is 3.89. The molecule has 0 N–H and O–H groups in total. The summed E-state index contributed by atoms with van der Waals surface area (Å²) in [6.45, 7) is 1.99. The van der Waals surface area contributed by atoms with Gasteiger partial charge in [0.25, 0.3) is 0 Å². The van der Waals surface area contributed by atoms with Crippen molar-refractivity contribution in [3.8, 4) is 0 Å². The Morgan fingerprint density at radius 3 is 2.85 bits per heavy atom. The van der Waals surface area contributed by atoms with Crippen molar-refractivity contribution in [1.29, 1.82) is 0 Å². The molecule has 0 aliphatic heterocycles. The van der Waals surface area contributed by atoms with Crippen LogP contribution in [0.5, 0.6) is 0 Å². The minimum absolute atomic E-state index is 0.737. The molecule has 1 nitrogen and oxygen atoms in total. The Morgan fingerprint density at radius 2 is 2.08 bits per heavy atom. The molecule has 0 radical (unpaired) electrons. The molecule has 3 heteroatoms. The molecule has 0 saturated carbocycles. The smallest absolute Gasteiger partial charge is 0.0730 e. The molecule has 0 aliphatic rings. The van der Waals surface area contributed by atoms with Crippen LogP contribution < -0.4 is 0 Å². The average Bonchev–Trinajstić information content (AvgIpc) is 2.02. The summed E-state index contributed by atoms with van der Waals surface area (Å²) >= 11 is 8.19. The van der Waals surface area contributed by atoms with Crippen molar-refractivity contribution >= 4 is 45.1 Å². The molecule has 1 heterocycles. The molecule has 0 bridgehead atoms. The number of halogens is 2. The van der Waals surface area contributed by atoms with Gasteiger partial charge in [0.2, 0.25) is 0 Å². The Kier molecular flexibility index (Phi) is 2.43. The number of nitrogens with zero attached hydrogens (tertiary/aromatic N) is 1. The SMILES string of the molecule is Cc1cc(I)c2ccc(Cl)cc2n1. The predicted molar refractivity (Wildman–Crippen MR) is 64.2 cm³/mol. The van der Waals surface area contributed by atoms with E-state index in [1.807, 2.05) is 25.1 Å². The van der Waals surface area contributed by atoms with E-state index in [0.717, 1.165) is 21.6 Å². The molecule has 0 aliphatic carbocycles. The number of rotatable bonds is 0. The summed E-state index contributed by atoms with van der Waals surface area (Å²) in [5, 5.41) is 1.90. The molecule has 1 aromatic heterocycles. The van der Waals surface area contributed by atoms with Crippen LogP contribution in [0.2, 0.25) is 5.02 Å². The summed E-state index contributed by atoms with van der Waals surface area (Å²) in [4.78, 5) is 4.41. The van der Waals surface area contributed by atoms with Crippen LogP contribution in [0.4, 0.5) is 0 Å². The molecule has 0 atom stereocenters. The van der Waals surface area contributed by atoms with E-state index in [1.54, 1.807) is 0 Å². The van der Waals surface area contributed by atoms with Crippen molar-refractivity contribution in [2.75, 3.05) is 0 Å². The third-order valence-corrected chi connectivity index (χ3v) is 2.98. The summed E-state index contributed by atoms with van der Waals surface area (Å²) in [6.07, 6.45) is 0. The molecular formula is C10H7ClIN. The first kappa shape index (κ1) is 9.21. The first-order chi connectivity index (χ1) is 6.16. The van der Waals surface area contributed by atoms with Crippen LogP contribution >= 0.6 is 34.2 Å². The van der Waals surface area contributed by atoms with Gasteiger partial charge in [-0.2, -0.15) is 0 Å². The van der Waals surface area contributed by atoms with Crippen LogP contribution in [0.3, 0.4) is 0 Å². The largest absolute Gasteiger partial charge is 0.253 e. The van der Waals surface area contributed by atoms with E-state index in [1.165, 1.54) is 3.57 Å². The predicted octanol–water partition coefficient (Wildman–Crippen LogP) is 3.80.